The smallest absolute Gasteiger partial charge is 0.133 e. The number of unbranched alkanes of at least 4 members (excludes halogenated alkanes) is 4. The Morgan fingerprint density at radius 1 is 0.842 bits per heavy atom. The molecule has 0 saturated heterocycles. The zero-order valence-electron chi connectivity index (χ0n) is 12.9. The highest BCUT2D eigenvalue weighted by atomic mass is 16.1. The number of Topliss-reactive ketones (excluding diaryl/α,β-unsaturated/α-hetero) is 2. The number of hydrogen-bond acceptors (Lipinski definition) is 3. The summed E-state index contributed by atoms with van der Waals surface area (Å²) < 4.78 is 0. The Bertz CT molecular complexity index is 263. The molecule has 0 aliphatic heterocycles. The Labute approximate surface area is 118 Å². The third kappa shape index (κ3) is 8.14. The summed E-state index contributed by atoms with van der Waals surface area (Å²) in [6, 6.07) is 0. The fourth-order valence-corrected chi connectivity index (χ4v) is 2.68. The lowest BCUT2D eigenvalue weighted by atomic mass is 9.79. The lowest BCUT2D eigenvalue weighted by molar-refractivity contribution is -0.130. The van der Waals surface area contributed by atoms with E-state index in [4.69, 9.17) is 5.73 Å². The predicted octanol–water partition coefficient (Wildman–Crippen LogP) is 3.50. The number of carbonyl (C=O) groups excluding carboxylic acids is 2. The normalized spacial score (nSPS) is 14.1. The third-order valence-electron chi connectivity index (χ3n) is 3.87. The van der Waals surface area contributed by atoms with Crippen LogP contribution in [0.3, 0.4) is 0 Å². The second kappa shape index (κ2) is 11.2. The highest BCUT2D eigenvalue weighted by molar-refractivity contribution is 5.87. The van der Waals surface area contributed by atoms with Crippen molar-refractivity contribution in [3.63, 3.8) is 0 Å². The van der Waals surface area contributed by atoms with Crippen molar-refractivity contribution < 1.29 is 9.59 Å². The van der Waals surface area contributed by atoms with Crippen molar-refractivity contribution in [3.05, 3.63) is 0 Å². The van der Waals surface area contributed by atoms with Crippen LogP contribution < -0.4 is 5.73 Å². The van der Waals surface area contributed by atoms with E-state index in [1.54, 1.807) is 13.8 Å². The maximum atomic E-state index is 11.8. The van der Waals surface area contributed by atoms with Gasteiger partial charge in [0.05, 0.1) is 0 Å². The van der Waals surface area contributed by atoms with Crippen LogP contribution in [0.5, 0.6) is 0 Å². The molecule has 2 unspecified atom stereocenters. The van der Waals surface area contributed by atoms with E-state index in [2.05, 4.69) is 6.92 Å². The zero-order chi connectivity index (χ0) is 14.7. The molecule has 112 valence electrons. The molecule has 0 aromatic heterocycles. The molecule has 0 saturated carbocycles. The fraction of sp³-hybridized carbons (Fsp3) is 0.875. The van der Waals surface area contributed by atoms with Crippen LogP contribution in [-0.4, -0.2) is 18.1 Å². The van der Waals surface area contributed by atoms with Gasteiger partial charge in [-0.2, -0.15) is 0 Å². The summed E-state index contributed by atoms with van der Waals surface area (Å²) in [4.78, 5) is 23.6. The Kier molecular flexibility index (Phi) is 10.7. The summed E-state index contributed by atoms with van der Waals surface area (Å²) in [5, 5.41) is 0. The summed E-state index contributed by atoms with van der Waals surface area (Å²) >= 11 is 0. The first-order valence-corrected chi connectivity index (χ1v) is 7.75. The van der Waals surface area contributed by atoms with Crippen molar-refractivity contribution >= 4 is 11.6 Å². The maximum absolute atomic E-state index is 11.8. The van der Waals surface area contributed by atoms with Gasteiger partial charge in [0.25, 0.3) is 0 Å². The molecule has 0 fully saturated rings. The average Bonchev–Trinajstić information content (AvgIpc) is 2.35. The molecule has 2 N–H and O–H groups in total. The van der Waals surface area contributed by atoms with E-state index in [0.29, 0.717) is 6.54 Å². The van der Waals surface area contributed by atoms with Crippen LogP contribution in [0.15, 0.2) is 0 Å². The van der Waals surface area contributed by atoms with Crippen LogP contribution >= 0.6 is 0 Å². The van der Waals surface area contributed by atoms with Crippen LogP contribution in [0, 0.1) is 11.8 Å². The Morgan fingerprint density at radius 3 is 1.68 bits per heavy atom. The first-order chi connectivity index (χ1) is 9.04. The van der Waals surface area contributed by atoms with Crippen molar-refractivity contribution in [1.82, 2.24) is 0 Å². The lowest BCUT2D eigenvalue weighted by Crippen LogP contribution is -2.27. The van der Waals surface area contributed by atoms with Crippen molar-refractivity contribution in [1.29, 1.82) is 0 Å². The molecular weight excluding hydrogens is 238 g/mol. The standard InChI is InChI=1S/C16H31NO2/c1-4-5-6-7-10-15(13(2)18)16(14(3)19)11-8-9-12-17/h15-16H,4-12,17H2,1-3H3. The maximum Gasteiger partial charge on any atom is 0.133 e. The number of carbonyl (C=O) groups is 2. The minimum atomic E-state index is -0.0920. The van der Waals surface area contributed by atoms with Gasteiger partial charge < -0.3 is 5.73 Å². The monoisotopic (exact) mass is 269 g/mol. The van der Waals surface area contributed by atoms with Crippen LogP contribution in [0.25, 0.3) is 0 Å². The highest BCUT2D eigenvalue weighted by Crippen LogP contribution is 2.26. The minimum absolute atomic E-state index is 0.0767. The molecular formula is C16H31NO2. The first kappa shape index (κ1) is 18.3. The second-order valence-electron chi connectivity index (χ2n) is 5.57. The number of nitrogens with two attached hydrogens (primary N) is 1. The van der Waals surface area contributed by atoms with Crippen molar-refractivity contribution in [2.75, 3.05) is 6.54 Å². The van der Waals surface area contributed by atoms with E-state index >= 15 is 0 Å². The molecule has 0 spiro atoms. The van der Waals surface area contributed by atoms with E-state index in [9.17, 15) is 9.59 Å². The van der Waals surface area contributed by atoms with Gasteiger partial charge in [-0.05, 0) is 39.7 Å². The highest BCUT2D eigenvalue weighted by Gasteiger charge is 2.28. The summed E-state index contributed by atoms with van der Waals surface area (Å²) in [5.74, 6) is 0.162. The SMILES string of the molecule is CCCCCCC(C(C)=O)C(CCCCN)C(C)=O. The molecule has 0 aliphatic rings. The lowest BCUT2D eigenvalue weighted by Gasteiger charge is -2.23. The minimum Gasteiger partial charge on any atom is -0.330 e. The van der Waals surface area contributed by atoms with E-state index < -0.39 is 0 Å². The number of rotatable bonds is 12. The van der Waals surface area contributed by atoms with Gasteiger partial charge in [0, 0.05) is 11.8 Å². The molecule has 0 amide bonds. The topological polar surface area (TPSA) is 60.2 Å². The molecule has 0 heterocycles. The first-order valence-electron chi connectivity index (χ1n) is 7.75. The van der Waals surface area contributed by atoms with E-state index in [-0.39, 0.29) is 23.4 Å². The molecule has 3 heteroatoms. The molecule has 0 bridgehead atoms. The average molecular weight is 269 g/mol. The van der Waals surface area contributed by atoms with Gasteiger partial charge in [-0.15, -0.1) is 0 Å². The van der Waals surface area contributed by atoms with Crippen LogP contribution in [0.4, 0.5) is 0 Å². The predicted molar refractivity (Wildman–Crippen MR) is 80.0 cm³/mol. The molecule has 19 heavy (non-hydrogen) atoms. The van der Waals surface area contributed by atoms with Crippen molar-refractivity contribution in [3.8, 4) is 0 Å². The van der Waals surface area contributed by atoms with Gasteiger partial charge in [0.15, 0.2) is 0 Å². The second-order valence-corrected chi connectivity index (χ2v) is 5.57. The molecule has 0 aromatic carbocycles. The third-order valence-corrected chi connectivity index (χ3v) is 3.87. The van der Waals surface area contributed by atoms with E-state index in [1.807, 2.05) is 0 Å². The van der Waals surface area contributed by atoms with E-state index in [1.165, 1.54) is 12.8 Å². The largest absolute Gasteiger partial charge is 0.330 e. The fourth-order valence-electron chi connectivity index (χ4n) is 2.68. The number of ketones is 2. The van der Waals surface area contributed by atoms with Gasteiger partial charge in [-0.25, -0.2) is 0 Å². The quantitative estimate of drug-likeness (QED) is 0.552. The number of hydrogen-bond donors (Lipinski definition) is 1. The van der Waals surface area contributed by atoms with E-state index in [0.717, 1.165) is 38.5 Å². The summed E-state index contributed by atoms with van der Waals surface area (Å²) in [7, 11) is 0. The van der Waals surface area contributed by atoms with Crippen LogP contribution in [0.2, 0.25) is 0 Å². The summed E-state index contributed by atoms with van der Waals surface area (Å²) in [5.41, 5.74) is 5.49. The van der Waals surface area contributed by atoms with Gasteiger partial charge in [0.2, 0.25) is 0 Å². The molecule has 0 aromatic rings. The van der Waals surface area contributed by atoms with Gasteiger partial charge in [-0.1, -0.05) is 39.0 Å². The Morgan fingerprint density at radius 2 is 1.32 bits per heavy atom. The molecule has 0 rings (SSSR count). The zero-order valence-corrected chi connectivity index (χ0v) is 12.9. The molecule has 0 radical (unpaired) electrons. The van der Waals surface area contributed by atoms with Gasteiger partial charge >= 0.3 is 0 Å². The summed E-state index contributed by atoms with van der Waals surface area (Å²) in [6.07, 6.45) is 8.17. The van der Waals surface area contributed by atoms with Crippen LogP contribution in [-0.2, 0) is 9.59 Å². The van der Waals surface area contributed by atoms with Gasteiger partial charge in [0.1, 0.15) is 11.6 Å². The van der Waals surface area contributed by atoms with Crippen molar-refractivity contribution in [2.24, 2.45) is 17.6 Å². The van der Waals surface area contributed by atoms with Crippen LogP contribution in [0.1, 0.15) is 72.1 Å². The molecule has 0 aliphatic carbocycles. The molecule has 2 atom stereocenters. The molecule has 3 nitrogen and oxygen atoms in total. The Hall–Kier alpha value is -0.700. The Balaban J connectivity index is 4.40. The van der Waals surface area contributed by atoms with Gasteiger partial charge in [-0.3, -0.25) is 9.59 Å². The van der Waals surface area contributed by atoms with Crippen molar-refractivity contribution in [2.45, 2.75) is 72.1 Å². The summed E-state index contributed by atoms with van der Waals surface area (Å²) in [6.45, 7) is 6.08.